The highest BCUT2D eigenvalue weighted by molar-refractivity contribution is 5.93. The zero-order valence-electron chi connectivity index (χ0n) is 10.2. The second-order valence-electron chi connectivity index (χ2n) is 3.90. The molecule has 0 aliphatic carbocycles. The highest BCUT2D eigenvalue weighted by atomic mass is 16.5. The van der Waals surface area contributed by atoms with E-state index in [4.69, 9.17) is 10.1 Å². The number of ether oxygens (including phenoxy) is 1. The van der Waals surface area contributed by atoms with Crippen molar-refractivity contribution in [3.63, 3.8) is 0 Å². The zero-order chi connectivity index (χ0) is 12.0. The van der Waals surface area contributed by atoms with Gasteiger partial charge in [-0.2, -0.15) is 0 Å². The van der Waals surface area contributed by atoms with Gasteiger partial charge in [0.15, 0.2) is 0 Å². The maximum atomic E-state index is 7.51. The van der Waals surface area contributed by atoms with Crippen molar-refractivity contribution < 1.29 is 4.74 Å². The predicted molar refractivity (Wildman–Crippen MR) is 68.0 cm³/mol. The smallest absolute Gasteiger partial charge is 0.135 e. The summed E-state index contributed by atoms with van der Waals surface area (Å²) in [5.74, 6) is 1.01. The van der Waals surface area contributed by atoms with E-state index in [1.807, 2.05) is 31.2 Å². The fourth-order valence-electron chi connectivity index (χ4n) is 1.50. The van der Waals surface area contributed by atoms with Crippen LogP contribution in [-0.2, 0) is 4.74 Å². The van der Waals surface area contributed by atoms with Crippen LogP contribution in [-0.4, -0.2) is 12.3 Å². The summed E-state index contributed by atoms with van der Waals surface area (Å²) in [6, 6.07) is 10.3. The van der Waals surface area contributed by atoms with Crippen molar-refractivity contribution >= 4 is 5.71 Å². The molecule has 1 aromatic carbocycles. The van der Waals surface area contributed by atoms with Crippen molar-refractivity contribution in [3.8, 4) is 0 Å². The van der Waals surface area contributed by atoms with Crippen molar-refractivity contribution in [2.24, 2.45) is 0 Å². The van der Waals surface area contributed by atoms with Gasteiger partial charge < -0.3 is 10.1 Å². The van der Waals surface area contributed by atoms with Gasteiger partial charge in [0, 0.05) is 5.92 Å². The Morgan fingerprint density at radius 2 is 2.00 bits per heavy atom. The molecule has 0 bridgehead atoms. The van der Waals surface area contributed by atoms with E-state index < -0.39 is 0 Å². The molecule has 2 heteroatoms. The van der Waals surface area contributed by atoms with Gasteiger partial charge in [-0.3, -0.25) is 0 Å². The molecule has 0 spiro atoms. The summed E-state index contributed by atoms with van der Waals surface area (Å²) < 4.78 is 5.61. The molecule has 0 amide bonds. The summed E-state index contributed by atoms with van der Waals surface area (Å²) in [7, 11) is 0. The van der Waals surface area contributed by atoms with Crippen LogP contribution in [0.5, 0.6) is 0 Å². The molecule has 0 aliphatic rings. The SMILES string of the molecule is CC=C(OCC(C)c1ccccc1)C(C)=N. The van der Waals surface area contributed by atoms with Gasteiger partial charge in [0.05, 0.1) is 12.3 Å². The molecule has 0 radical (unpaired) electrons. The number of benzene rings is 1. The van der Waals surface area contributed by atoms with Crippen LogP contribution in [0.15, 0.2) is 42.2 Å². The number of nitrogens with one attached hydrogen (secondary N) is 1. The second-order valence-corrected chi connectivity index (χ2v) is 3.90. The normalized spacial score (nSPS) is 13.3. The van der Waals surface area contributed by atoms with Crippen LogP contribution >= 0.6 is 0 Å². The third-order valence-corrected chi connectivity index (χ3v) is 2.49. The number of hydrogen-bond donors (Lipinski definition) is 1. The maximum Gasteiger partial charge on any atom is 0.135 e. The van der Waals surface area contributed by atoms with Crippen molar-refractivity contribution in [1.29, 1.82) is 5.41 Å². The monoisotopic (exact) mass is 217 g/mol. The molecule has 1 aromatic rings. The lowest BCUT2D eigenvalue weighted by Crippen LogP contribution is -2.08. The fourth-order valence-corrected chi connectivity index (χ4v) is 1.50. The molecule has 86 valence electrons. The summed E-state index contributed by atoms with van der Waals surface area (Å²) in [6.07, 6.45) is 1.83. The largest absolute Gasteiger partial charge is 0.491 e. The highest BCUT2D eigenvalue weighted by Gasteiger charge is 2.07. The van der Waals surface area contributed by atoms with E-state index in [-0.39, 0.29) is 0 Å². The van der Waals surface area contributed by atoms with Gasteiger partial charge >= 0.3 is 0 Å². The van der Waals surface area contributed by atoms with Crippen molar-refractivity contribution in [2.45, 2.75) is 26.7 Å². The van der Waals surface area contributed by atoms with Crippen LogP contribution in [0.2, 0.25) is 0 Å². The molecule has 0 aromatic heterocycles. The Morgan fingerprint density at radius 3 is 2.50 bits per heavy atom. The molecular formula is C14H19NO. The molecule has 2 nitrogen and oxygen atoms in total. The third-order valence-electron chi connectivity index (χ3n) is 2.49. The van der Waals surface area contributed by atoms with Gasteiger partial charge in [0.25, 0.3) is 0 Å². The Hall–Kier alpha value is -1.57. The van der Waals surface area contributed by atoms with Gasteiger partial charge in [-0.1, -0.05) is 37.3 Å². The van der Waals surface area contributed by atoms with Crippen molar-refractivity contribution in [1.82, 2.24) is 0 Å². The highest BCUT2D eigenvalue weighted by Crippen LogP contribution is 2.16. The van der Waals surface area contributed by atoms with Gasteiger partial charge in [0.1, 0.15) is 5.76 Å². The van der Waals surface area contributed by atoms with Gasteiger partial charge in [0.2, 0.25) is 0 Å². The Balaban J connectivity index is 2.53. The van der Waals surface area contributed by atoms with E-state index in [1.165, 1.54) is 5.56 Å². The molecular weight excluding hydrogens is 198 g/mol. The summed E-state index contributed by atoms with van der Waals surface area (Å²) in [6.45, 7) is 6.37. The molecule has 0 heterocycles. The molecule has 1 rings (SSSR count). The maximum absolute atomic E-state index is 7.51. The summed E-state index contributed by atoms with van der Waals surface area (Å²) in [4.78, 5) is 0. The topological polar surface area (TPSA) is 33.1 Å². The molecule has 16 heavy (non-hydrogen) atoms. The van der Waals surface area contributed by atoms with E-state index in [0.29, 0.717) is 24.0 Å². The lowest BCUT2D eigenvalue weighted by molar-refractivity contribution is 0.214. The first-order valence-corrected chi connectivity index (χ1v) is 5.54. The molecule has 0 saturated carbocycles. The van der Waals surface area contributed by atoms with E-state index in [2.05, 4.69) is 19.1 Å². The summed E-state index contributed by atoms with van der Waals surface area (Å²) in [5, 5.41) is 7.51. The summed E-state index contributed by atoms with van der Waals surface area (Å²) in [5.41, 5.74) is 1.74. The number of hydrogen-bond acceptors (Lipinski definition) is 2. The lowest BCUT2D eigenvalue weighted by atomic mass is 10.0. The van der Waals surface area contributed by atoms with Crippen LogP contribution in [0.3, 0.4) is 0 Å². The number of allylic oxidation sites excluding steroid dienone is 2. The molecule has 0 aliphatic heterocycles. The zero-order valence-corrected chi connectivity index (χ0v) is 10.2. The van der Waals surface area contributed by atoms with Gasteiger partial charge in [-0.15, -0.1) is 0 Å². The second kappa shape index (κ2) is 6.11. The van der Waals surface area contributed by atoms with E-state index in [9.17, 15) is 0 Å². The Morgan fingerprint density at radius 1 is 1.38 bits per heavy atom. The van der Waals surface area contributed by atoms with Crippen molar-refractivity contribution in [2.75, 3.05) is 6.61 Å². The first-order chi connectivity index (χ1) is 7.65. The molecule has 1 N–H and O–H groups in total. The molecule has 0 fully saturated rings. The van der Waals surface area contributed by atoms with Crippen LogP contribution in [0.1, 0.15) is 32.3 Å². The average Bonchev–Trinajstić information content (AvgIpc) is 2.30. The Labute approximate surface area is 97.5 Å². The summed E-state index contributed by atoms with van der Waals surface area (Å²) >= 11 is 0. The van der Waals surface area contributed by atoms with E-state index in [0.717, 1.165) is 0 Å². The first kappa shape index (κ1) is 12.5. The average molecular weight is 217 g/mol. The molecule has 1 atom stereocenters. The van der Waals surface area contributed by atoms with Crippen molar-refractivity contribution in [3.05, 3.63) is 47.7 Å². The lowest BCUT2D eigenvalue weighted by Gasteiger charge is -2.14. The van der Waals surface area contributed by atoms with Gasteiger partial charge in [-0.25, -0.2) is 0 Å². The minimum Gasteiger partial charge on any atom is -0.491 e. The Bertz CT molecular complexity index is 368. The molecule has 1 unspecified atom stereocenters. The van der Waals surface area contributed by atoms with Crippen LogP contribution in [0, 0.1) is 5.41 Å². The quantitative estimate of drug-likeness (QED) is 0.591. The minimum atomic E-state index is 0.343. The minimum absolute atomic E-state index is 0.343. The predicted octanol–water partition coefficient (Wildman–Crippen LogP) is 3.75. The standard InChI is InChI=1S/C14H19NO/c1-4-14(12(3)15)16-10-11(2)13-8-6-5-7-9-13/h4-9,11,15H,10H2,1-3H3. The van der Waals surface area contributed by atoms with Crippen LogP contribution in [0.25, 0.3) is 0 Å². The number of rotatable bonds is 5. The third kappa shape index (κ3) is 3.54. The Kier molecular flexibility index (Phi) is 4.77. The van der Waals surface area contributed by atoms with E-state index >= 15 is 0 Å². The van der Waals surface area contributed by atoms with Crippen LogP contribution < -0.4 is 0 Å². The van der Waals surface area contributed by atoms with E-state index in [1.54, 1.807) is 6.92 Å². The fraction of sp³-hybridized carbons (Fsp3) is 0.357. The molecule has 0 saturated heterocycles. The van der Waals surface area contributed by atoms with Crippen LogP contribution in [0.4, 0.5) is 0 Å². The van der Waals surface area contributed by atoms with Gasteiger partial charge in [-0.05, 0) is 25.5 Å². The first-order valence-electron chi connectivity index (χ1n) is 5.54.